The molecule has 0 unspecified atom stereocenters. The Morgan fingerprint density at radius 3 is 1.81 bits per heavy atom. The number of unbranched alkanes of at least 4 members (excludes halogenated alkanes) is 16. The molecule has 0 aliphatic heterocycles. The van der Waals surface area contributed by atoms with Gasteiger partial charge in [0, 0.05) is 37.0 Å². The van der Waals surface area contributed by atoms with E-state index in [0.29, 0.717) is 19.0 Å². The molecule has 0 radical (unpaired) electrons. The molecule has 2 aromatic carbocycles. The summed E-state index contributed by atoms with van der Waals surface area (Å²) in [5.74, 6) is -0.219. The third-order valence-electron chi connectivity index (χ3n) is 12.6. The standard InChI is InChI=1S/C56H90F2N3O10PS/c1-5-9-11-13-15-17-19-21-23-29-37-68-42-46(60-53(62)34-24-22-20-18-16-14-12-10-6-2)44-73-45-52(61-55(64)69-43-51-49-32-27-25-30-47(49)48-31-26-28-33-50(48)51)54(63)59-36-39-67-41-40-66-38-35-56(57,58)72(65,70-7-3)71-8-4/h24-28,30-34,46,51-52H,5-23,29,35-45H2,1-4H3,(H,59,63)(H,60,62)(H,61,64)/t46-,52+/m1/s1. The number of carbonyl (C=O) groups is 3. The van der Waals surface area contributed by atoms with Crippen LogP contribution in [0, 0.1) is 0 Å². The molecule has 0 spiro atoms. The van der Waals surface area contributed by atoms with E-state index in [2.05, 4.69) is 41.9 Å². The highest BCUT2D eigenvalue weighted by Gasteiger charge is 2.52. The number of carbonyl (C=O) groups excluding carboxylic acids is 3. The Bertz CT molecular complexity index is 1840. The Balaban J connectivity index is 1.57. The van der Waals surface area contributed by atoms with Gasteiger partial charge in [-0.3, -0.25) is 14.2 Å². The quantitative estimate of drug-likeness (QED) is 0.0329. The number of ether oxygens (including phenoxy) is 4. The molecule has 17 heteroatoms. The summed E-state index contributed by atoms with van der Waals surface area (Å²) < 4.78 is 74.3. The van der Waals surface area contributed by atoms with E-state index >= 15 is 0 Å². The molecule has 0 fully saturated rings. The average Bonchev–Trinajstić information content (AvgIpc) is 3.70. The van der Waals surface area contributed by atoms with Crippen LogP contribution >= 0.6 is 19.4 Å². The number of amides is 3. The number of allylic oxidation sites excluding steroid dienone is 1. The first-order chi connectivity index (χ1) is 35.5. The molecule has 0 saturated heterocycles. The van der Waals surface area contributed by atoms with Crippen molar-refractivity contribution in [1.29, 1.82) is 0 Å². The molecule has 0 aromatic heterocycles. The van der Waals surface area contributed by atoms with Gasteiger partial charge in [0.25, 0.3) is 0 Å². The highest BCUT2D eigenvalue weighted by Crippen LogP contribution is 2.63. The number of alkyl carbamates (subject to hydrolysis) is 1. The molecule has 2 atom stereocenters. The van der Waals surface area contributed by atoms with Crippen molar-refractivity contribution >= 4 is 37.3 Å². The smallest absolute Gasteiger partial charge is 0.407 e. The van der Waals surface area contributed by atoms with Gasteiger partial charge >= 0.3 is 19.4 Å². The first-order valence-electron chi connectivity index (χ1n) is 27.4. The number of thioether (sulfide) groups is 1. The number of halogens is 2. The van der Waals surface area contributed by atoms with Crippen LogP contribution in [0.4, 0.5) is 13.6 Å². The van der Waals surface area contributed by atoms with E-state index in [1.807, 2.05) is 42.5 Å². The first-order valence-corrected chi connectivity index (χ1v) is 30.1. The predicted molar refractivity (Wildman–Crippen MR) is 291 cm³/mol. The van der Waals surface area contributed by atoms with Crippen molar-refractivity contribution in [3.8, 4) is 11.1 Å². The molecular formula is C56H90F2N3O10PS. The Morgan fingerprint density at radius 2 is 1.22 bits per heavy atom. The fourth-order valence-electron chi connectivity index (χ4n) is 8.59. The second-order valence-corrected chi connectivity index (χ2v) is 21.8. The van der Waals surface area contributed by atoms with Gasteiger partial charge in [-0.1, -0.05) is 165 Å². The molecule has 13 nitrogen and oxygen atoms in total. The van der Waals surface area contributed by atoms with Crippen molar-refractivity contribution in [2.45, 2.75) is 173 Å². The van der Waals surface area contributed by atoms with Gasteiger partial charge in [0.05, 0.1) is 52.3 Å². The van der Waals surface area contributed by atoms with Gasteiger partial charge in [-0.05, 0) is 61.4 Å². The third-order valence-corrected chi connectivity index (χ3v) is 16.0. The Morgan fingerprint density at radius 1 is 0.671 bits per heavy atom. The summed E-state index contributed by atoms with van der Waals surface area (Å²) in [6.07, 6.45) is 23.4. The maximum atomic E-state index is 14.7. The highest BCUT2D eigenvalue weighted by atomic mass is 32.2. The lowest BCUT2D eigenvalue weighted by Crippen LogP contribution is -2.49. The van der Waals surface area contributed by atoms with E-state index in [1.165, 1.54) is 109 Å². The van der Waals surface area contributed by atoms with Gasteiger partial charge in [-0.15, -0.1) is 0 Å². The Labute approximate surface area is 441 Å². The average molecular weight is 1070 g/mol. The number of hydrogen-bond acceptors (Lipinski definition) is 11. The van der Waals surface area contributed by atoms with Crippen LogP contribution in [0.15, 0.2) is 60.7 Å². The van der Waals surface area contributed by atoms with Gasteiger partial charge < -0.3 is 43.9 Å². The van der Waals surface area contributed by atoms with E-state index in [1.54, 1.807) is 6.08 Å². The van der Waals surface area contributed by atoms with Crippen molar-refractivity contribution in [2.24, 2.45) is 0 Å². The fraction of sp³-hybridized carbons (Fsp3) is 0.696. The molecule has 73 heavy (non-hydrogen) atoms. The van der Waals surface area contributed by atoms with Crippen LogP contribution in [-0.4, -0.2) is 113 Å². The summed E-state index contributed by atoms with van der Waals surface area (Å²) >= 11 is 1.41. The number of alkyl halides is 2. The SMILES string of the molecule is CCCCCCCCCC=CC(=O)N[C@H](COCCCCCCCCCCCC)CSC[C@H](NC(=O)OCC1c2ccccc2-c2ccccc21)C(=O)NCCOCCOCCC(F)(F)P(=O)(OCC)OCC. The zero-order valence-electron chi connectivity index (χ0n) is 44.6. The maximum Gasteiger partial charge on any atom is 0.407 e. The second-order valence-electron chi connectivity index (χ2n) is 18.6. The lowest BCUT2D eigenvalue weighted by molar-refractivity contribution is -0.122. The summed E-state index contributed by atoms with van der Waals surface area (Å²) in [4.78, 5) is 40.4. The highest BCUT2D eigenvalue weighted by molar-refractivity contribution is 7.99. The summed E-state index contributed by atoms with van der Waals surface area (Å²) in [6, 6.07) is 14.8. The number of benzene rings is 2. The molecule has 3 N–H and O–H groups in total. The number of rotatable bonds is 45. The van der Waals surface area contributed by atoms with Crippen LogP contribution in [0.2, 0.25) is 0 Å². The number of nitrogens with one attached hydrogen (secondary N) is 3. The lowest BCUT2D eigenvalue weighted by Gasteiger charge is -2.25. The van der Waals surface area contributed by atoms with Crippen molar-refractivity contribution in [2.75, 3.05) is 77.5 Å². The molecular weight excluding hydrogens is 976 g/mol. The number of hydrogen-bond donors (Lipinski definition) is 3. The molecule has 1 aliphatic rings. The topological polar surface area (TPSA) is 160 Å². The van der Waals surface area contributed by atoms with Crippen molar-refractivity contribution < 1.29 is 55.7 Å². The van der Waals surface area contributed by atoms with Crippen LogP contribution in [-0.2, 0) is 42.1 Å². The minimum Gasteiger partial charge on any atom is -0.449 e. The molecule has 3 rings (SSSR count). The Kier molecular flexibility index (Phi) is 34.2. The minimum absolute atomic E-state index is 0.0180. The monoisotopic (exact) mass is 1070 g/mol. The first kappa shape index (κ1) is 63.9. The maximum absolute atomic E-state index is 14.7. The molecule has 414 valence electrons. The summed E-state index contributed by atoms with van der Waals surface area (Å²) in [7, 11) is -4.64. The normalized spacial score (nSPS) is 13.5. The predicted octanol–water partition coefficient (Wildman–Crippen LogP) is 13.1. The van der Waals surface area contributed by atoms with Gasteiger partial charge in [-0.25, -0.2) is 4.79 Å². The lowest BCUT2D eigenvalue weighted by atomic mass is 9.98. The minimum atomic E-state index is -4.64. The van der Waals surface area contributed by atoms with E-state index in [9.17, 15) is 27.7 Å². The van der Waals surface area contributed by atoms with Crippen LogP contribution in [0.5, 0.6) is 0 Å². The molecule has 2 aromatic rings. The van der Waals surface area contributed by atoms with E-state index in [0.717, 1.165) is 54.4 Å². The molecule has 0 saturated carbocycles. The Hall–Kier alpha value is -3.37. The van der Waals surface area contributed by atoms with Crippen LogP contribution in [0.3, 0.4) is 0 Å². The van der Waals surface area contributed by atoms with Crippen LogP contribution in [0.25, 0.3) is 11.1 Å². The van der Waals surface area contributed by atoms with Crippen molar-refractivity contribution in [3.05, 3.63) is 71.8 Å². The third kappa shape index (κ3) is 25.8. The molecule has 0 bridgehead atoms. The van der Waals surface area contributed by atoms with E-state index in [-0.39, 0.29) is 69.8 Å². The van der Waals surface area contributed by atoms with Crippen molar-refractivity contribution in [3.63, 3.8) is 0 Å². The van der Waals surface area contributed by atoms with Gasteiger partial charge in [0.1, 0.15) is 12.6 Å². The van der Waals surface area contributed by atoms with Gasteiger partial charge in [-0.2, -0.15) is 20.5 Å². The number of fused-ring (bicyclic) bond motifs is 3. The van der Waals surface area contributed by atoms with E-state index in [4.69, 9.17) is 28.0 Å². The molecule has 0 heterocycles. The van der Waals surface area contributed by atoms with Crippen LogP contribution in [0.1, 0.15) is 167 Å². The summed E-state index contributed by atoms with van der Waals surface area (Å²) in [5.41, 5.74) is 0.608. The molecule has 1 aliphatic carbocycles. The van der Waals surface area contributed by atoms with Crippen molar-refractivity contribution in [1.82, 2.24) is 16.0 Å². The van der Waals surface area contributed by atoms with Gasteiger partial charge in [0.15, 0.2) is 0 Å². The largest absolute Gasteiger partial charge is 0.449 e. The van der Waals surface area contributed by atoms with Gasteiger partial charge in [0.2, 0.25) is 11.8 Å². The summed E-state index contributed by atoms with van der Waals surface area (Å²) in [6.45, 7) is 7.79. The zero-order chi connectivity index (χ0) is 52.8. The summed E-state index contributed by atoms with van der Waals surface area (Å²) in [5, 5.41) is 8.72. The zero-order valence-corrected chi connectivity index (χ0v) is 46.3. The second kappa shape index (κ2) is 39.1. The molecule has 3 amide bonds. The fourth-order valence-corrected chi connectivity index (χ4v) is 11.2. The van der Waals surface area contributed by atoms with E-state index < -0.39 is 44.3 Å². The van der Waals surface area contributed by atoms with Crippen LogP contribution < -0.4 is 16.0 Å².